The standard InChI is InChI=1S/C14H21BrN2O.ClH/c1-11(17-14(18)3-2-10-16)4-5-12-6-8-13(15)9-7-12;/h6-9,11H,2-5,10,16H2,1H3,(H,17,18);1H. The second-order valence-electron chi connectivity index (χ2n) is 4.53. The van der Waals surface area contributed by atoms with Crippen LogP contribution in [-0.2, 0) is 11.2 Å². The van der Waals surface area contributed by atoms with Gasteiger partial charge in [0, 0.05) is 16.9 Å². The summed E-state index contributed by atoms with van der Waals surface area (Å²) in [5, 5.41) is 2.99. The van der Waals surface area contributed by atoms with E-state index in [1.54, 1.807) is 0 Å². The average molecular weight is 350 g/mol. The number of halogens is 2. The van der Waals surface area contributed by atoms with Crippen molar-refractivity contribution >= 4 is 34.2 Å². The summed E-state index contributed by atoms with van der Waals surface area (Å²) in [5.74, 6) is 0.101. The lowest BCUT2D eigenvalue weighted by atomic mass is 10.1. The van der Waals surface area contributed by atoms with Crippen LogP contribution >= 0.6 is 28.3 Å². The van der Waals surface area contributed by atoms with Crippen molar-refractivity contribution in [3.05, 3.63) is 34.3 Å². The average Bonchev–Trinajstić information content (AvgIpc) is 2.35. The number of nitrogens with one attached hydrogen (secondary N) is 1. The highest BCUT2D eigenvalue weighted by Crippen LogP contribution is 2.12. The largest absolute Gasteiger partial charge is 0.354 e. The Kier molecular flexibility index (Phi) is 9.92. The predicted octanol–water partition coefficient (Wildman–Crippen LogP) is 3.05. The van der Waals surface area contributed by atoms with Crippen LogP contribution in [0.15, 0.2) is 28.7 Å². The van der Waals surface area contributed by atoms with E-state index in [2.05, 4.69) is 33.4 Å². The summed E-state index contributed by atoms with van der Waals surface area (Å²) in [6.07, 6.45) is 3.21. The number of nitrogens with two attached hydrogens (primary N) is 1. The summed E-state index contributed by atoms with van der Waals surface area (Å²) < 4.78 is 1.09. The summed E-state index contributed by atoms with van der Waals surface area (Å²) in [5.41, 5.74) is 6.66. The Labute approximate surface area is 129 Å². The summed E-state index contributed by atoms with van der Waals surface area (Å²) in [7, 11) is 0. The van der Waals surface area contributed by atoms with Crippen LogP contribution in [0.2, 0.25) is 0 Å². The lowest BCUT2D eigenvalue weighted by Gasteiger charge is -2.13. The normalized spacial score (nSPS) is 11.5. The van der Waals surface area contributed by atoms with E-state index >= 15 is 0 Å². The van der Waals surface area contributed by atoms with Crippen LogP contribution in [-0.4, -0.2) is 18.5 Å². The van der Waals surface area contributed by atoms with E-state index in [9.17, 15) is 4.79 Å². The Morgan fingerprint density at radius 2 is 2.00 bits per heavy atom. The fraction of sp³-hybridized carbons (Fsp3) is 0.500. The first-order chi connectivity index (χ1) is 8.61. The number of hydrogen-bond acceptors (Lipinski definition) is 2. The smallest absolute Gasteiger partial charge is 0.220 e. The van der Waals surface area contributed by atoms with E-state index in [1.807, 2.05) is 19.1 Å². The van der Waals surface area contributed by atoms with Gasteiger partial charge in [-0.05, 0) is 50.4 Å². The van der Waals surface area contributed by atoms with Crippen molar-refractivity contribution in [3.63, 3.8) is 0 Å². The van der Waals surface area contributed by atoms with Crippen molar-refractivity contribution in [1.82, 2.24) is 5.32 Å². The maximum atomic E-state index is 11.5. The van der Waals surface area contributed by atoms with E-state index in [0.717, 1.165) is 23.7 Å². The molecule has 0 radical (unpaired) electrons. The minimum atomic E-state index is 0. The van der Waals surface area contributed by atoms with E-state index in [1.165, 1.54) is 5.56 Å². The molecule has 3 N–H and O–H groups in total. The lowest BCUT2D eigenvalue weighted by Crippen LogP contribution is -2.33. The number of carbonyl (C=O) groups is 1. The van der Waals surface area contributed by atoms with Gasteiger partial charge < -0.3 is 11.1 Å². The highest BCUT2D eigenvalue weighted by atomic mass is 79.9. The van der Waals surface area contributed by atoms with Crippen LogP contribution in [0, 0.1) is 0 Å². The molecule has 108 valence electrons. The van der Waals surface area contributed by atoms with Crippen molar-refractivity contribution in [2.24, 2.45) is 5.73 Å². The van der Waals surface area contributed by atoms with E-state index < -0.39 is 0 Å². The van der Waals surface area contributed by atoms with Gasteiger partial charge >= 0.3 is 0 Å². The van der Waals surface area contributed by atoms with Crippen molar-refractivity contribution in [2.75, 3.05) is 6.54 Å². The number of carbonyl (C=O) groups excluding carboxylic acids is 1. The third-order valence-corrected chi connectivity index (χ3v) is 3.32. The minimum absolute atomic E-state index is 0. The zero-order valence-corrected chi connectivity index (χ0v) is 13.6. The van der Waals surface area contributed by atoms with Crippen LogP contribution in [0.5, 0.6) is 0 Å². The van der Waals surface area contributed by atoms with Gasteiger partial charge in [-0.15, -0.1) is 12.4 Å². The molecular weight excluding hydrogens is 328 g/mol. The monoisotopic (exact) mass is 348 g/mol. The summed E-state index contributed by atoms with van der Waals surface area (Å²) >= 11 is 3.42. The lowest BCUT2D eigenvalue weighted by molar-refractivity contribution is -0.121. The second kappa shape index (κ2) is 10.2. The molecule has 0 fully saturated rings. The molecule has 0 saturated carbocycles. The zero-order chi connectivity index (χ0) is 13.4. The van der Waals surface area contributed by atoms with Crippen LogP contribution in [0.3, 0.4) is 0 Å². The SMILES string of the molecule is CC(CCc1ccc(Br)cc1)NC(=O)CCCN.Cl. The first kappa shape index (κ1) is 18.4. The maximum absolute atomic E-state index is 11.5. The van der Waals surface area contributed by atoms with Crippen LogP contribution in [0.1, 0.15) is 31.7 Å². The molecular formula is C14H22BrClN2O. The van der Waals surface area contributed by atoms with Crippen molar-refractivity contribution < 1.29 is 4.79 Å². The van der Waals surface area contributed by atoms with Gasteiger partial charge in [-0.2, -0.15) is 0 Å². The fourth-order valence-corrected chi connectivity index (χ4v) is 1.98. The molecule has 1 amide bonds. The first-order valence-corrected chi connectivity index (χ1v) is 7.15. The summed E-state index contributed by atoms with van der Waals surface area (Å²) in [6, 6.07) is 8.50. The fourth-order valence-electron chi connectivity index (χ4n) is 1.72. The number of rotatable bonds is 7. The van der Waals surface area contributed by atoms with Gasteiger partial charge in [0.25, 0.3) is 0 Å². The number of benzene rings is 1. The molecule has 1 aromatic carbocycles. The molecule has 0 aliphatic carbocycles. The van der Waals surface area contributed by atoms with Crippen LogP contribution in [0.25, 0.3) is 0 Å². The van der Waals surface area contributed by atoms with Crippen molar-refractivity contribution in [2.45, 2.75) is 38.6 Å². The molecule has 1 aromatic rings. The molecule has 19 heavy (non-hydrogen) atoms. The number of hydrogen-bond donors (Lipinski definition) is 2. The molecule has 0 spiro atoms. The Balaban J connectivity index is 0.00000324. The molecule has 0 aliphatic rings. The van der Waals surface area contributed by atoms with E-state index in [-0.39, 0.29) is 24.4 Å². The zero-order valence-electron chi connectivity index (χ0n) is 11.2. The summed E-state index contributed by atoms with van der Waals surface area (Å²) in [6.45, 7) is 2.61. The third kappa shape index (κ3) is 8.24. The number of aryl methyl sites for hydroxylation is 1. The molecule has 3 nitrogen and oxygen atoms in total. The molecule has 0 aliphatic heterocycles. The molecule has 1 rings (SSSR count). The highest BCUT2D eigenvalue weighted by molar-refractivity contribution is 9.10. The van der Waals surface area contributed by atoms with E-state index in [4.69, 9.17) is 5.73 Å². The topological polar surface area (TPSA) is 55.1 Å². The van der Waals surface area contributed by atoms with Gasteiger partial charge in [-0.3, -0.25) is 4.79 Å². The van der Waals surface area contributed by atoms with E-state index in [0.29, 0.717) is 13.0 Å². The van der Waals surface area contributed by atoms with Crippen LogP contribution in [0.4, 0.5) is 0 Å². The summed E-state index contributed by atoms with van der Waals surface area (Å²) in [4.78, 5) is 11.5. The van der Waals surface area contributed by atoms with Crippen molar-refractivity contribution in [1.29, 1.82) is 0 Å². The molecule has 1 atom stereocenters. The first-order valence-electron chi connectivity index (χ1n) is 6.35. The molecule has 0 saturated heterocycles. The predicted molar refractivity (Wildman–Crippen MR) is 85.6 cm³/mol. The molecule has 0 aromatic heterocycles. The Morgan fingerprint density at radius 1 is 1.37 bits per heavy atom. The maximum Gasteiger partial charge on any atom is 0.220 e. The minimum Gasteiger partial charge on any atom is -0.354 e. The molecule has 0 bridgehead atoms. The van der Waals surface area contributed by atoms with Gasteiger partial charge in [-0.25, -0.2) is 0 Å². The Bertz CT molecular complexity index is 370. The highest BCUT2D eigenvalue weighted by Gasteiger charge is 2.06. The Morgan fingerprint density at radius 3 is 2.58 bits per heavy atom. The van der Waals surface area contributed by atoms with Crippen LogP contribution < -0.4 is 11.1 Å². The number of amides is 1. The van der Waals surface area contributed by atoms with Gasteiger partial charge in [0.2, 0.25) is 5.91 Å². The molecule has 1 unspecified atom stereocenters. The van der Waals surface area contributed by atoms with Gasteiger partial charge in [0.05, 0.1) is 0 Å². The van der Waals surface area contributed by atoms with Gasteiger partial charge in [-0.1, -0.05) is 28.1 Å². The quantitative estimate of drug-likeness (QED) is 0.795. The molecule has 5 heteroatoms. The van der Waals surface area contributed by atoms with Gasteiger partial charge in [0.15, 0.2) is 0 Å². The Hall–Kier alpha value is -0.580. The third-order valence-electron chi connectivity index (χ3n) is 2.79. The second-order valence-corrected chi connectivity index (χ2v) is 5.44. The van der Waals surface area contributed by atoms with Crippen molar-refractivity contribution in [3.8, 4) is 0 Å². The van der Waals surface area contributed by atoms with Gasteiger partial charge in [0.1, 0.15) is 0 Å². The molecule has 0 heterocycles.